The summed E-state index contributed by atoms with van der Waals surface area (Å²) < 4.78 is 0. The third kappa shape index (κ3) is 4.91. The molecule has 0 aliphatic rings. The van der Waals surface area contributed by atoms with E-state index in [9.17, 15) is 14.7 Å². The first-order valence-electron chi connectivity index (χ1n) is 5.05. The van der Waals surface area contributed by atoms with E-state index in [1.807, 2.05) is 0 Å². The van der Waals surface area contributed by atoms with Crippen LogP contribution in [0.15, 0.2) is 18.2 Å². The summed E-state index contributed by atoms with van der Waals surface area (Å²) in [7, 11) is 0. The monoisotopic (exact) mass is 291 g/mol. The van der Waals surface area contributed by atoms with Crippen molar-refractivity contribution in [1.29, 1.82) is 0 Å². The Kier molecular flexibility index (Phi) is 5.40. The van der Waals surface area contributed by atoms with Crippen LogP contribution in [0, 0.1) is 0 Å². The fourth-order valence-corrected chi connectivity index (χ4v) is 1.77. The summed E-state index contributed by atoms with van der Waals surface area (Å²) in [6.45, 7) is 0. The molecule has 1 atom stereocenters. The van der Waals surface area contributed by atoms with Crippen molar-refractivity contribution in [3.05, 3.63) is 28.2 Å². The highest BCUT2D eigenvalue weighted by Gasteiger charge is 2.16. The molecule has 18 heavy (non-hydrogen) atoms. The number of aliphatic hydroxyl groups excluding tert-OH is 1. The summed E-state index contributed by atoms with van der Waals surface area (Å²) in [6.07, 6.45) is -1.83. The average Bonchev–Trinajstić information content (AvgIpc) is 2.24. The van der Waals surface area contributed by atoms with Gasteiger partial charge in [-0.2, -0.15) is 0 Å². The van der Waals surface area contributed by atoms with Crippen LogP contribution in [0.25, 0.3) is 0 Å². The van der Waals surface area contributed by atoms with Gasteiger partial charge in [0.25, 0.3) is 5.91 Å². The lowest BCUT2D eigenvalue weighted by atomic mass is 10.2. The number of carboxylic acids is 1. The molecule has 1 aromatic rings. The Morgan fingerprint density at radius 1 is 1.22 bits per heavy atom. The van der Waals surface area contributed by atoms with Crippen molar-refractivity contribution < 1.29 is 19.8 Å². The van der Waals surface area contributed by atoms with Crippen molar-refractivity contribution >= 4 is 40.8 Å². The fraction of sp³-hybridized carbons (Fsp3) is 0.273. The minimum absolute atomic E-state index is 0.157. The number of amides is 1. The van der Waals surface area contributed by atoms with Gasteiger partial charge in [-0.1, -0.05) is 23.2 Å². The Labute approximate surface area is 113 Å². The van der Waals surface area contributed by atoms with E-state index in [1.165, 1.54) is 18.2 Å². The molecule has 98 valence electrons. The molecule has 0 aromatic heterocycles. The van der Waals surface area contributed by atoms with Gasteiger partial charge in [-0.05, 0) is 24.6 Å². The number of hydrogen-bond donors (Lipinski definition) is 3. The number of halogens is 2. The SMILES string of the molecule is O=C(O)CC[C@@H](O)C(=O)Nc1cc(Cl)cc(Cl)c1. The Balaban J connectivity index is 2.60. The molecular formula is C11H11Cl2NO4. The minimum atomic E-state index is -1.39. The Morgan fingerprint density at radius 3 is 2.28 bits per heavy atom. The molecule has 0 heterocycles. The van der Waals surface area contributed by atoms with Gasteiger partial charge in [-0.25, -0.2) is 0 Å². The number of carbonyl (C=O) groups is 2. The smallest absolute Gasteiger partial charge is 0.303 e. The second-order valence-corrected chi connectivity index (χ2v) is 4.47. The third-order valence-electron chi connectivity index (χ3n) is 2.06. The first kappa shape index (κ1) is 14.8. The van der Waals surface area contributed by atoms with Crippen LogP contribution in [0.4, 0.5) is 5.69 Å². The molecule has 0 aliphatic heterocycles. The van der Waals surface area contributed by atoms with Crippen LogP contribution >= 0.6 is 23.2 Å². The molecule has 0 radical (unpaired) electrons. The summed E-state index contributed by atoms with van der Waals surface area (Å²) in [6, 6.07) is 4.43. The molecule has 0 saturated carbocycles. The molecule has 0 unspecified atom stereocenters. The van der Waals surface area contributed by atoms with Crippen LogP contribution in [-0.2, 0) is 9.59 Å². The zero-order valence-electron chi connectivity index (χ0n) is 9.19. The zero-order valence-corrected chi connectivity index (χ0v) is 10.7. The topological polar surface area (TPSA) is 86.6 Å². The number of anilines is 1. The van der Waals surface area contributed by atoms with Gasteiger partial charge in [0.05, 0.1) is 0 Å². The first-order chi connectivity index (χ1) is 8.38. The highest BCUT2D eigenvalue weighted by molar-refractivity contribution is 6.35. The second kappa shape index (κ2) is 6.58. The number of rotatable bonds is 5. The number of hydrogen-bond acceptors (Lipinski definition) is 3. The number of benzene rings is 1. The molecule has 0 saturated heterocycles. The maximum atomic E-state index is 11.5. The molecule has 1 rings (SSSR count). The lowest BCUT2D eigenvalue weighted by Crippen LogP contribution is -2.28. The molecule has 5 nitrogen and oxygen atoms in total. The number of aliphatic hydroxyl groups is 1. The van der Waals surface area contributed by atoms with Gasteiger partial charge in [0.2, 0.25) is 0 Å². The summed E-state index contributed by atoms with van der Waals surface area (Å²) >= 11 is 11.5. The highest BCUT2D eigenvalue weighted by Crippen LogP contribution is 2.22. The van der Waals surface area contributed by atoms with Crippen molar-refractivity contribution in [1.82, 2.24) is 0 Å². The predicted octanol–water partition coefficient (Wildman–Crippen LogP) is 2.16. The van der Waals surface area contributed by atoms with E-state index in [1.54, 1.807) is 0 Å². The molecule has 1 amide bonds. The van der Waals surface area contributed by atoms with E-state index in [-0.39, 0.29) is 12.8 Å². The maximum Gasteiger partial charge on any atom is 0.303 e. The fourth-order valence-electron chi connectivity index (χ4n) is 1.24. The van der Waals surface area contributed by atoms with Crippen LogP contribution in [0.5, 0.6) is 0 Å². The number of aliphatic carboxylic acids is 1. The van der Waals surface area contributed by atoms with E-state index in [0.717, 1.165) is 0 Å². The van der Waals surface area contributed by atoms with Gasteiger partial charge < -0.3 is 15.5 Å². The number of nitrogens with one attached hydrogen (secondary N) is 1. The van der Waals surface area contributed by atoms with E-state index < -0.39 is 18.0 Å². The van der Waals surface area contributed by atoms with Crippen LogP contribution in [-0.4, -0.2) is 28.2 Å². The number of carbonyl (C=O) groups excluding carboxylic acids is 1. The van der Waals surface area contributed by atoms with Crippen molar-refractivity contribution in [2.45, 2.75) is 18.9 Å². The van der Waals surface area contributed by atoms with Gasteiger partial charge in [-0.15, -0.1) is 0 Å². The molecule has 1 aromatic carbocycles. The predicted molar refractivity (Wildman–Crippen MR) is 68.0 cm³/mol. The van der Waals surface area contributed by atoms with E-state index in [0.29, 0.717) is 15.7 Å². The lowest BCUT2D eigenvalue weighted by Gasteiger charge is -2.10. The summed E-state index contributed by atoms with van der Waals surface area (Å²) in [5, 5.41) is 20.9. The average molecular weight is 292 g/mol. The molecule has 3 N–H and O–H groups in total. The van der Waals surface area contributed by atoms with Gasteiger partial charge >= 0.3 is 5.97 Å². The van der Waals surface area contributed by atoms with Gasteiger partial charge in [0.1, 0.15) is 6.10 Å². The molecule has 0 fully saturated rings. The number of carboxylic acid groups (broad SMARTS) is 1. The van der Waals surface area contributed by atoms with E-state index in [4.69, 9.17) is 28.3 Å². The minimum Gasteiger partial charge on any atom is -0.481 e. The van der Waals surface area contributed by atoms with Crippen LogP contribution in [0.3, 0.4) is 0 Å². The quantitative estimate of drug-likeness (QED) is 0.776. The highest BCUT2D eigenvalue weighted by atomic mass is 35.5. The largest absolute Gasteiger partial charge is 0.481 e. The van der Waals surface area contributed by atoms with Crippen molar-refractivity contribution in [3.63, 3.8) is 0 Å². The Morgan fingerprint density at radius 2 is 1.78 bits per heavy atom. The van der Waals surface area contributed by atoms with Gasteiger partial charge in [-0.3, -0.25) is 9.59 Å². The zero-order chi connectivity index (χ0) is 13.7. The van der Waals surface area contributed by atoms with Crippen LogP contribution in [0.1, 0.15) is 12.8 Å². The lowest BCUT2D eigenvalue weighted by molar-refractivity contribution is -0.138. The van der Waals surface area contributed by atoms with Gasteiger partial charge in [0, 0.05) is 22.2 Å². The van der Waals surface area contributed by atoms with Crippen molar-refractivity contribution in [2.24, 2.45) is 0 Å². The molecule has 0 aliphatic carbocycles. The summed E-state index contributed by atoms with van der Waals surface area (Å²) in [5.74, 6) is -1.78. The summed E-state index contributed by atoms with van der Waals surface area (Å²) in [4.78, 5) is 21.8. The molecular weight excluding hydrogens is 281 g/mol. The normalized spacial score (nSPS) is 11.9. The second-order valence-electron chi connectivity index (χ2n) is 3.60. The maximum absolute atomic E-state index is 11.5. The van der Waals surface area contributed by atoms with E-state index in [2.05, 4.69) is 5.32 Å². The van der Waals surface area contributed by atoms with Crippen LogP contribution in [0.2, 0.25) is 10.0 Å². The Bertz CT molecular complexity index is 444. The first-order valence-corrected chi connectivity index (χ1v) is 5.81. The molecule has 0 bridgehead atoms. The molecule has 7 heteroatoms. The van der Waals surface area contributed by atoms with Crippen molar-refractivity contribution in [2.75, 3.05) is 5.32 Å². The third-order valence-corrected chi connectivity index (χ3v) is 2.50. The van der Waals surface area contributed by atoms with E-state index >= 15 is 0 Å². The summed E-state index contributed by atoms with van der Waals surface area (Å²) in [5.41, 5.74) is 0.340. The Hall–Kier alpha value is -1.30. The standard InChI is InChI=1S/C11H11Cl2NO4/c12-6-3-7(13)5-8(4-6)14-11(18)9(15)1-2-10(16)17/h3-5,9,15H,1-2H2,(H,14,18)(H,16,17)/t9-/m1/s1. The van der Waals surface area contributed by atoms with Gasteiger partial charge in [0.15, 0.2) is 0 Å². The molecule has 0 spiro atoms. The van der Waals surface area contributed by atoms with Crippen LogP contribution < -0.4 is 5.32 Å². The van der Waals surface area contributed by atoms with Crippen molar-refractivity contribution in [3.8, 4) is 0 Å².